The van der Waals surface area contributed by atoms with Gasteiger partial charge in [0.2, 0.25) is 5.91 Å². The number of fused-ring (bicyclic) bond motifs is 3. The molecular weight excluding hydrogens is 248 g/mol. The minimum Gasteiger partial charge on any atom is -0.358 e. The maximum absolute atomic E-state index is 12.2. The number of aryl methyl sites for hydroxylation is 1. The first-order valence-electron chi connectivity index (χ1n) is 7.61. The molecule has 0 atom stereocenters. The quantitative estimate of drug-likeness (QED) is 0.848. The van der Waals surface area contributed by atoms with Gasteiger partial charge in [0.05, 0.1) is 0 Å². The van der Waals surface area contributed by atoms with Crippen LogP contribution in [-0.4, -0.2) is 28.9 Å². The second kappa shape index (κ2) is 4.37. The van der Waals surface area contributed by atoms with Crippen LogP contribution in [0.3, 0.4) is 0 Å². The summed E-state index contributed by atoms with van der Waals surface area (Å²) < 4.78 is 0. The third-order valence-corrected chi connectivity index (χ3v) is 4.65. The highest BCUT2D eigenvalue weighted by Crippen LogP contribution is 2.32. The fraction of sp³-hybridized carbons (Fsp3) is 0.471. The summed E-state index contributed by atoms with van der Waals surface area (Å²) >= 11 is 0. The van der Waals surface area contributed by atoms with Crippen LogP contribution in [0.4, 0.5) is 0 Å². The first-order valence-corrected chi connectivity index (χ1v) is 7.61. The van der Waals surface area contributed by atoms with Gasteiger partial charge < -0.3 is 9.88 Å². The van der Waals surface area contributed by atoms with E-state index >= 15 is 0 Å². The van der Waals surface area contributed by atoms with Gasteiger partial charge in [-0.1, -0.05) is 11.6 Å². The molecule has 2 heterocycles. The lowest BCUT2D eigenvalue weighted by Crippen LogP contribution is -2.34. The van der Waals surface area contributed by atoms with E-state index in [0.717, 1.165) is 38.8 Å². The van der Waals surface area contributed by atoms with E-state index in [9.17, 15) is 4.79 Å². The summed E-state index contributed by atoms with van der Waals surface area (Å²) in [4.78, 5) is 17.8. The molecule has 1 fully saturated rings. The number of aromatic nitrogens is 1. The molecule has 1 amide bonds. The van der Waals surface area contributed by atoms with Crippen molar-refractivity contribution in [3.63, 3.8) is 0 Å². The standard InChI is InChI=1S/C17H20N2O/c1-11-2-5-15-14(10-11)13-6-8-19(9-7-16(13)18-15)17(20)12-3-4-12/h2,5,10,12,18H,3-4,6-9H2,1H3. The third-order valence-electron chi connectivity index (χ3n) is 4.65. The van der Waals surface area contributed by atoms with Crippen LogP contribution in [0.1, 0.15) is 29.7 Å². The van der Waals surface area contributed by atoms with Crippen LogP contribution in [0.15, 0.2) is 18.2 Å². The number of amides is 1. The van der Waals surface area contributed by atoms with Gasteiger partial charge in [0, 0.05) is 42.0 Å². The summed E-state index contributed by atoms with van der Waals surface area (Å²) in [5, 5.41) is 1.35. The zero-order valence-corrected chi connectivity index (χ0v) is 11.9. The number of carbonyl (C=O) groups excluding carboxylic acids is 1. The maximum atomic E-state index is 12.2. The number of H-pyrrole nitrogens is 1. The fourth-order valence-electron chi connectivity index (χ4n) is 3.33. The fourth-order valence-corrected chi connectivity index (χ4v) is 3.33. The first-order chi connectivity index (χ1) is 9.72. The molecule has 104 valence electrons. The van der Waals surface area contributed by atoms with Crippen molar-refractivity contribution in [3.8, 4) is 0 Å². The molecule has 0 spiro atoms. The summed E-state index contributed by atoms with van der Waals surface area (Å²) in [6.07, 6.45) is 4.14. The molecule has 1 aromatic heterocycles. The number of benzene rings is 1. The first kappa shape index (κ1) is 12.0. The summed E-state index contributed by atoms with van der Waals surface area (Å²) in [5.74, 6) is 0.723. The lowest BCUT2D eigenvalue weighted by Gasteiger charge is -2.20. The Kier molecular flexibility index (Phi) is 2.62. The second-order valence-corrected chi connectivity index (χ2v) is 6.23. The largest absolute Gasteiger partial charge is 0.358 e. The summed E-state index contributed by atoms with van der Waals surface area (Å²) in [7, 11) is 0. The van der Waals surface area contributed by atoms with Crippen LogP contribution in [0, 0.1) is 12.8 Å². The number of nitrogens with one attached hydrogen (secondary N) is 1. The molecule has 4 rings (SSSR count). The molecule has 3 nitrogen and oxygen atoms in total. The smallest absolute Gasteiger partial charge is 0.225 e. The number of rotatable bonds is 1. The van der Waals surface area contributed by atoms with Crippen molar-refractivity contribution in [2.75, 3.05) is 13.1 Å². The molecule has 2 aliphatic rings. The predicted octanol–water partition coefficient (Wildman–Crippen LogP) is 2.81. The van der Waals surface area contributed by atoms with Gasteiger partial charge >= 0.3 is 0 Å². The van der Waals surface area contributed by atoms with Crippen molar-refractivity contribution in [3.05, 3.63) is 35.0 Å². The minimum absolute atomic E-state index is 0.338. The van der Waals surface area contributed by atoms with Gasteiger partial charge in [-0.05, 0) is 43.9 Å². The topological polar surface area (TPSA) is 36.1 Å². The highest BCUT2D eigenvalue weighted by atomic mass is 16.2. The van der Waals surface area contributed by atoms with E-state index < -0.39 is 0 Å². The van der Waals surface area contributed by atoms with Crippen LogP contribution in [0.25, 0.3) is 10.9 Å². The van der Waals surface area contributed by atoms with Crippen LogP contribution in [-0.2, 0) is 17.6 Å². The van der Waals surface area contributed by atoms with Crippen LogP contribution < -0.4 is 0 Å². The molecule has 0 radical (unpaired) electrons. The number of carbonyl (C=O) groups is 1. The zero-order valence-electron chi connectivity index (χ0n) is 11.9. The van der Waals surface area contributed by atoms with Crippen molar-refractivity contribution in [1.82, 2.24) is 9.88 Å². The van der Waals surface area contributed by atoms with Crippen molar-refractivity contribution in [2.24, 2.45) is 5.92 Å². The Morgan fingerprint density at radius 1 is 1.25 bits per heavy atom. The monoisotopic (exact) mass is 268 g/mol. The van der Waals surface area contributed by atoms with Crippen molar-refractivity contribution >= 4 is 16.8 Å². The van der Waals surface area contributed by atoms with E-state index in [1.807, 2.05) is 0 Å². The molecule has 0 unspecified atom stereocenters. The predicted molar refractivity (Wildman–Crippen MR) is 79.7 cm³/mol. The highest BCUT2D eigenvalue weighted by molar-refractivity contribution is 5.86. The zero-order chi connectivity index (χ0) is 13.7. The van der Waals surface area contributed by atoms with Gasteiger partial charge in [0.25, 0.3) is 0 Å². The van der Waals surface area contributed by atoms with Gasteiger partial charge in [-0.2, -0.15) is 0 Å². The molecular formula is C17H20N2O. The van der Waals surface area contributed by atoms with E-state index in [4.69, 9.17) is 0 Å². The molecule has 1 aromatic carbocycles. The molecule has 1 aliphatic heterocycles. The summed E-state index contributed by atoms with van der Waals surface area (Å²) in [5.41, 5.74) is 5.29. The van der Waals surface area contributed by atoms with E-state index in [1.54, 1.807) is 0 Å². The van der Waals surface area contributed by atoms with Crippen LogP contribution in [0.2, 0.25) is 0 Å². The highest BCUT2D eigenvalue weighted by Gasteiger charge is 2.34. The van der Waals surface area contributed by atoms with E-state index in [2.05, 4.69) is 35.0 Å². The van der Waals surface area contributed by atoms with E-state index in [1.165, 1.54) is 27.7 Å². The number of nitrogens with zero attached hydrogens (tertiary/aromatic N) is 1. The van der Waals surface area contributed by atoms with Gasteiger partial charge in [-0.3, -0.25) is 4.79 Å². The van der Waals surface area contributed by atoms with Crippen molar-refractivity contribution in [2.45, 2.75) is 32.6 Å². The SMILES string of the molecule is Cc1ccc2[nH]c3c(c2c1)CCN(C(=O)C1CC1)CC3. The average Bonchev–Trinajstić information content (AvgIpc) is 3.25. The molecule has 1 saturated carbocycles. The van der Waals surface area contributed by atoms with Crippen molar-refractivity contribution in [1.29, 1.82) is 0 Å². The van der Waals surface area contributed by atoms with Gasteiger partial charge in [-0.25, -0.2) is 0 Å². The second-order valence-electron chi connectivity index (χ2n) is 6.23. The third kappa shape index (κ3) is 1.92. The maximum Gasteiger partial charge on any atom is 0.225 e. The lowest BCUT2D eigenvalue weighted by molar-refractivity contribution is -0.132. The normalized spacial score (nSPS) is 18.9. The lowest BCUT2D eigenvalue weighted by atomic mass is 10.1. The Hall–Kier alpha value is -1.77. The van der Waals surface area contributed by atoms with Gasteiger partial charge in [0.1, 0.15) is 0 Å². The number of hydrogen-bond acceptors (Lipinski definition) is 1. The van der Waals surface area contributed by atoms with Crippen LogP contribution in [0.5, 0.6) is 0 Å². The van der Waals surface area contributed by atoms with Gasteiger partial charge in [-0.15, -0.1) is 0 Å². The van der Waals surface area contributed by atoms with Crippen LogP contribution >= 0.6 is 0 Å². The Labute approximate surface area is 119 Å². The number of aromatic amines is 1. The van der Waals surface area contributed by atoms with E-state index in [0.29, 0.717) is 11.8 Å². The average molecular weight is 268 g/mol. The molecule has 2 aromatic rings. The molecule has 0 bridgehead atoms. The molecule has 1 N–H and O–H groups in total. The molecule has 0 saturated heterocycles. The Morgan fingerprint density at radius 3 is 2.85 bits per heavy atom. The Morgan fingerprint density at radius 2 is 2.05 bits per heavy atom. The van der Waals surface area contributed by atoms with E-state index in [-0.39, 0.29) is 0 Å². The minimum atomic E-state index is 0.338. The molecule has 3 heteroatoms. The Bertz CT molecular complexity index is 682. The Balaban J connectivity index is 1.65. The number of hydrogen-bond donors (Lipinski definition) is 1. The molecule has 1 aliphatic carbocycles. The van der Waals surface area contributed by atoms with Gasteiger partial charge in [0.15, 0.2) is 0 Å². The summed E-state index contributed by atoms with van der Waals surface area (Å²) in [6, 6.07) is 6.59. The molecule has 20 heavy (non-hydrogen) atoms. The van der Waals surface area contributed by atoms with Crippen molar-refractivity contribution < 1.29 is 4.79 Å². The summed E-state index contributed by atoms with van der Waals surface area (Å²) in [6.45, 7) is 3.88.